The molecule has 0 bridgehead atoms. The quantitative estimate of drug-likeness (QED) is 0.789. The number of amides is 3. The van der Waals surface area contributed by atoms with E-state index in [1.807, 2.05) is 24.3 Å². The molecule has 0 aliphatic carbocycles. The maximum absolute atomic E-state index is 13.8. The fraction of sp³-hybridized carbons (Fsp3) is 0.167. The Balaban J connectivity index is 1.43. The number of rotatable bonds is 4. The number of nitrogens with zero attached hydrogens (tertiary/aromatic N) is 1. The molecule has 2 aliphatic rings. The van der Waals surface area contributed by atoms with E-state index in [1.165, 1.54) is 23.5 Å². The third-order valence-corrected chi connectivity index (χ3v) is 6.87. The summed E-state index contributed by atoms with van der Waals surface area (Å²) in [5.74, 6) is -3.44. The molecule has 2 aliphatic heterocycles. The smallest absolute Gasteiger partial charge is 0.264 e. The summed E-state index contributed by atoms with van der Waals surface area (Å²) in [4.78, 5) is 38.5. The van der Waals surface area contributed by atoms with E-state index in [1.54, 1.807) is 0 Å². The van der Waals surface area contributed by atoms with Crippen molar-refractivity contribution in [3.05, 3.63) is 59.2 Å². The lowest BCUT2D eigenvalue weighted by atomic mass is 10.1. The van der Waals surface area contributed by atoms with Crippen molar-refractivity contribution in [3.8, 4) is 0 Å². The van der Waals surface area contributed by atoms with E-state index in [0.717, 1.165) is 27.6 Å². The van der Waals surface area contributed by atoms with Crippen LogP contribution < -0.4 is 5.32 Å². The van der Waals surface area contributed by atoms with Gasteiger partial charge in [-0.15, -0.1) is 11.8 Å². The third kappa shape index (κ3) is 3.10. The van der Waals surface area contributed by atoms with Gasteiger partial charge in [0, 0.05) is 17.2 Å². The number of halogens is 2. The van der Waals surface area contributed by atoms with E-state index in [2.05, 4.69) is 5.32 Å². The second kappa shape index (κ2) is 6.97. The molecule has 1 N–H and O–H groups in total. The van der Waals surface area contributed by atoms with Crippen molar-refractivity contribution in [1.29, 1.82) is 0 Å². The van der Waals surface area contributed by atoms with Crippen LogP contribution >= 0.6 is 23.5 Å². The number of benzene rings is 2. The lowest BCUT2D eigenvalue weighted by molar-refractivity contribution is -0.114. The first-order valence-electron chi connectivity index (χ1n) is 7.99. The molecule has 3 amide bonds. The van der Waals surface area contributed by atoms with Crippen LogP contribution in [-0.2, 0) is 4.79 Å². The average Bonchev–Trinajstić information content (AvgIpc) is 2.91. The van der Waals surface area contributed by atoms with E-state index < -0.39 is 39.2 Å². The van der Waals surface area contributed by atoms with Crippen molar-refractivity contribution in [1.82, 2.24) is 4.90 Å². The summed E-state index contributed by atoms with van der Waals surface area (Å²) < 4.78 is 27.2. The van der Waals surface area contributed by atoms with Crippen LogP contribution in [0.5, 0.6) is 0 Å². The molecule has 0 aromatic heterocycles. The Morgan fingerprint density at radius 3 is 2.30 bits per heavy atom. The van der Waals surface area contributed by atoms with Crippen molar-refractivity contribution in [2.75, 3.05) is 17.6 Å². The largest absolute Gasteiger partial charge is 0.323 e. The number of carbonyl (C=O) groups excluding carboxylic acids is 3. The fourth-order valence-electron chi connectivity index (χ4n) is 2.93. The second-order valence-electron chi connectivity index (χ2n) is 5.85. The minimum absolute atomic E-state index is 0.0398. The number of carbonyl (C=O) groups is 3. The Morgan fingerprint density at radius 2 is 1.63 bits per heavy atom. The minimum atomic E-state index is -0.918. The number of thioether (sulfide) groups is 2. The normalized spacial score (nSPS) is 18.4. The number of hydrogen-bond donors (Lipinski definition) is 1. The van der Waals surface area contributed by atoms with Crippen molar-refractivity contribution in [2.24, 2.45) is 0 Å². The highest BCUT2D eigenvalue weighted by atomic mass is 32.2. The van der Waals surface area contributed by atoms with Gasteiger partial charge in [0.2, 0.25) is 5.91 Å². The highest BCUT2D eigenvalue weighted by molar-refractivity contribution is 8.18. The molecule has 0 spiro atoms. The zero-order chi connectivity index (χ0) is 19.1. The zero-order valence-electron chi connectivity index (χ0n) is 13.7. The van der Waals surface area contributed by atoms with Gasteiger partial charge >= 0.3 is 0 Å². The lowest BCUT2D eigenvalue weighted by Crippen LogP contribution is -2.33. The molecule has 1 atom stereocenters. The maximum atomic E-state index is 13.8. The van der Waals surface area contributed by atoms with Crippen LogP contribution in [-0.4, -0.2) is 39.5 Å². The number of anilines is 1. The summed E-state index contributed by atoms with van der Waals surface area (Å²) in [6.45, 7) is -0.0398. The summed E-state index contributed by atoms with van der Waals surface area (Å²) in [6, 6.07) is 9.06. The van der Waals surface area contributed by atoms with Gasteiger partial charge in [0.15, 0.2) is 0 Å². The summed E-state index contributed by atoms with van der Waals surface area (Å²) >= 11 is 2.65. The molecule has 2 heterocycles. The molecule has 138 valence electrons. The van der Waals surface area contributed by atoms with Gasteiger partial charge in [-0.3, -0.25) is 19.3 Å². The number of fused-ring (bicyclic) bond motifs is 2. The van der Waals surface area contributed by atoms with Gasteiger partial charge in [0.05, 0.1) is 16.8 Å². The highest BCUT2D eigenvalue weighted by Crippen LogP contribution is 2.40. The van der Waals surface area contributed by atoms with Crippen LogP contribution in [0.3, 0.4) is 0 Å². The van der Waals surface area contributed by atoms with Gasteiger partial charge in [0.1, 0.15) is 16.2 Å². The Labute approximate surface area is 161 Å². The van der Waals surface area contributed by atoms with E-state index in [-0.39, 0.29) is 18.2 Å². The van der Waals surface area contributed by atoms with E-state index in [9.17, 15) is 23.2 Å². The average molecular weight is 406 g/mol. The van der Waals surface area contributed by atoms with Gasteiger partial charge < -0.3 is 5.32 Å². The second-order valence-corrected chi connectivity index (χ2v) is 8.51. The number of para-hydroxylation sites is 1. The molecule has 0 radical (unpaired) electrons. The van der Waals surface area contributed by atoms with Crippen LogP contribution in [0.15, 0.2) is 41.3 Å². The van der Waals surface area contributed by atoms with E-state index in [0.29, 0.717) is 0 Å². The van der Waals surface area contributed by atoms with Crippen LogP contribution in [0, 0.1) is 11.6 Å². The molecule has 0 saturated carbocycles. The first kappa shape index (κ1) is 18.0. The van der Waals surface area contributed by atoms with E-state index >= 15 is 0 Å². The third-order valence-electron chi connectivity index (χ3n) is 4.20. The Bertz CT molecular complexity index is 942. The van der Waals surface area contributed by atoms with Gasteiger partial charge in [0.25, 0.3) is 11.8 Å². The van der Waals surface area contributed by atoms with Crippen LogP contribution in [0.4, 0.5) is 14.5 Å². The molecule has 4 rings (SSSR count). The Hall–Kier alpha value is -2.39. The fourth-order valence-corrected chi connectivity index (χ4v) is 5.31. The maximum Gasteiger partial charge on any atom is 0.264 e. The first-order valence-corrected chi connectivity index (χ1v) is 9.92. The summed E-state index contributed by atoms with van der Waals surface area (Å²) in [5, 5.41) is 2.81. The molecule has 5 nitrogen and oxygen atoms in total. The minimum Gasteiger partial charge on any atom is -0.323 e. The Morgan fingerprint density at radius 1 is 1.00 bits per heavy atom. The molecule has 27 heavy (non-hydrogen) atoms. The standard InChI is InChI=1S/C18H12F2N2O3S2/c19-9-5-6-10(20)14-13(9)16(24)22(17(14)25)7-8-26-18-15(23)21-11-3-1-2-4-12(11)27-18/h1-6,18H,7-8H2,(H,21,23). The van der Waals surface area contributed by atoms with Crippen molar-refractivity contribution in [2.45, 2.75) is 9.48 Å². The molecule has 1 unspecified atom stereocenters. The lowest BCUT2D eigenvalue weighted by Gasteiger charge is -2.24. The Kier molecular flexibility index (Phi) is 4.65. The van der Waals surface area contributed by atoms with Gasteiger partial charge in [-0.1, -0.05) is 23.9 Å². The molecular formula is C18H12F2N2O3S2. The molecule has 2 aromatic carbocycles. The van der Waals surface area contributed by atoms with Crippen LogP contribution in [0.2, 0.25) is 0 Å². The van der Waals surface area contributed by atoms with Crippen molar-refractivity contribution in [3.63, 3.8) is 0 Å². The monoisotopic (exact) mass is 406 g/mol. The van der Waals surface area contributed by atoms with Gasteiger partial charge in [-0.05, 0) is 24.3 Å². The summed E-state index contributed by atoms with van der Waals surface area (Å²) in [7, 11) is 0. The van der Waals surface area contributed by atoms with E-state index in [4.69, 9.17) is 0 Å². The summed E-state index contributed by atoms with van der Waals surface area (Å²) in [6.07, 6.45) is 0. The summed E-state index contributed by atoms with van der Waals surface area (Å²) in [5.41, 5.74) is -0.303. The van der Waals surface area contributed by atoms with Crippen LogP contribution in [0.25, 0.3) is 0 Å². The highest BCUT2D eigenvalue weighted by Gasteiger charge is 2.40. The number of hydrogen-bond acceptors (Lipinski definition) is 5. The van der Waals surface area contributed by atoms with Gasteiger partial charge in [-0.25, -0.2) is 8.78 Å². The number of imide groups is 1. The van der Waals surface area contributed by atoms with Gasteiger partial charge in [-0.2, -0.15) is 0 Å². The van der Waals surface area contributed by atoms with Crippen LogP contribution in [0.1, 0.15) is 20.7 Å². The molecular weight excluding hydrogens is 394 g/mol. The van der Waals surface area contributed by atoms with Crippen molar-refractivity contribution >= 4 is 46.9 Å². The first-order chi connectivity index (χ1) is 13.0. The molecule has 2 aromatic rings. The van der Waals surface area contributed by atoms with Crippen molar-refractivity contribution < 1.29 is 23.2 Å². The number of nitrogens with one attached hydrogen (secondary N) is 1. The molecule has 9 heteroatoms. The SMILES string of the molecule is O=C1Nc2ccccc2SC1SCCN1C(=O)c2c(F)ccc(F)c2C1=O. The predicted molar refractivity (Wildman–Crippen MR) is 98.9 cm³/mol. The topological polar surface area (TPSA) is 66.5 Å². The zero-order valence-corrected chi connectivity index (χ0v) is 15.3. The predicted octanol–water partition coefficient (Wildman–Crippen LogP) is 3.36. The molecule has 0 saturated heterocycles. The molecule has 0 fully saturated rings.